The molecular formula is C10H16N4O2S3. The van der Waals surface area contributed by atoms with Crippen LogP contribution in [-0.4, -0.2) is 33.1 Å². The minimum atomic E-state index is -0.837. The van der Waals surface area contributed by atoms with Crippen molar-refractivity contribution in [3.05, 3.63) is 0 Å². The van der Waals surface area contributed by atoms with Crippen molar-refractivity contribution in [2.24, 2.45) is 11.7 Å². The number of aromatic nitrogens is 2. The fraction of sp³-hybridized carbons (Fsp3) is 0.600. The van der Waals surface area contributed by atoms with Crippen molar-refractivity contribution in [2.75, 3.05) is 5.75 Å². The Balaban J connectivity index is 2.72. The van der Waals surface area contributed by atoms with Gasteiger partial charge in [0.2, 0.25) is 5.91 Å². The standard InChI is InChI=1S/C10H16N4O2S3/c1-4-17-9-13-14-10(19-9)18-6(5(2)3)7(15)12-8(11)16/h5-6H,4H2,1-3H3,(H3,11,12,15,16)/t6-/m0/s1. The second-order valence-electron chi connectivity index (χ2n) is 3.90. The van der Waals surface area contributed by atoms with E-state index in [4.69, 9.17) is 5.73 Å². The number of nitrogens with two attached hydrogens (primary N) is 1. The number of primary amides is 1. The van der Waals surface area contributed by atoms with E-state index >= 15 is 0 Å². The molecule has 0 spiro atoms. The van der Waals surface area contributed by atoms with Crippen LogP contribution in [0.25, 0.3) is 0 Å². The Morgan fingerprint density at radius 3 is 2.53 bits per heavy atom. The van der Waals surface area contributed by atoms with Crippen LogP contribution in [0.5, 0.6) is 0 Å². The Labute approximate surface area is 124 Å². The maximum Gasteiger partial charge on any atom is 0.318 e. The summed E-state index contributed by atoms with van der Waals surface area (Å²) in [6, 6.07) is -0.837. The third-order valence-corrected chi connectivity index (χ3v) is 5.56. The molecule has 0 aliphatic heterocycles. The summed E-state index contributed by atoms with van der Waals surface area (Å²) in [5.41, 5.74) is 4.96. The van der Waals surface area contributed by atoms with E-state index in [1.54, 1.807) is 11.8 Å². The summed E-state index contributed by atoms with van der Waals surface area (Å²) in [5, 5.41) is 9.75. The highest BCUT2D eigenvalue weighted by Gasteiger charge is 2.26. The molecule has 1 heterocycles. The molecule has 19 heavy (non-hydrogen) atoms. The molecule has 0 aromatic carbocycles. The van der Waals surface area contributed by atoms with Gasteiger partial charge in [-0.25, -0.2) is 4.79 Å². The second kappa shape index (κ2) is 7.71. The van der Waals surface area contributed by atoms with Crippen molar-refractivity contribution in [3.8, 4) is 0 Å². The highest BCUT2D eigenvalue weighted by atomic mass is 32.2. The maximum absolute atomic E-state index is 11.9. The summed E-state index contributed by atoms with van der Waals surface area (Å²) in [4.78, 5) is 22.6. The SMILES string of the molecule is CCSc1nnc(S[C@H](C(=O)NC(N)=O)C(C)C)s1. The molecule has 3 N–H and O–H groups in total. The van der Waals surface area contributed by atoms with Gasteiger partial charge in [-0.15, -0.1) is 10.2 Å². The Hall–Kier alpha value is -0.800. The smallest absolute Gasteiger partial charge is 0.318 e. The molecule has 1 aromatic heterocycles. The topological polar surface area (TPSA) is 98.0 Å². The maximum atomic E-state index is 11.9. The van der Waals surface area contributed by atoms with Crippen molar-refractivity contribution in [1.82, 2.24) is 15.5 Å². The molecule has 0 fully saturated rings. The van der Waals surface area contributed by atoms with Crippen LogP contribution in [0, 0.1) is 5.92 Å². The first kappa shape index (κ1) is 16.3. The van der Waals surface area contributed by atoms with E-state index in [1.807, 2.05) is 20.8 Å². The predicted molar refractivity (Wildman–Crippen MR) is 78.5 cm³/mol. The monoisotopic (exact) mass is 320 g/mol. The van der Waals surface area contributed by atoms with Crippen LogP contribution >= 0.6 is 34.9 Å². The molecule has 0 bridgehead atoms. The van der Waals surface area contributed by atoms with E-state index in [2.05, 4.69) is 15.5 Å². The van der Waals surface area contributed by atoms with Gasteiger partial charge in [0, 0.05) is 0 Å². The fourth-order valence-corrected chi connectivity index (χ4v) is 4.35. The van der Waals surface area contributed by atoms with Crippen molar-refractivity contribution in [2.45, 2.75) is 34.7 Å². The van der Waals surface area contributed by atoms with Gasteiger partial charge in [-0.1, -0.05) is 55.6 Å². The fourth-order valence-electron chi connectivity index (χ4n) is 1.22. The quantitative estimate of drug-likeness (QED) is 0.778. The Bertz CT molecular complexity index is 450. The van der Waals surface area contributed by atoms with E-state index in [0.717, 1.165) is 10.1 Å². The molecule has 0 saturated carbocycles. The number of amides is 3. The average Bonchev–Trinajstić information content (AvgIpc) is 2.72. The van der Waals surface area contributed by atoms with Crippen LogP contribution in [0.2, 0.25) is 0 Å². The number of nitrogens with zero attached hydrogens (tertiary/aromatic N) is 2. The molecule has 1 atom stereocenters. The van der Waals surface area contributed by atoms with Crippen molar-refractivity contribution in [1.29, 1.82) is 0 Å². The zero-order valence-electron chi connectivity index (χ0n) is 10.9. The van der Waals surface area contributed by atoms with Crippen LogP contribution in [-0.2, 0) is 4.79 Å². The van der Waals surface area contributed by atoms with Gasteiger partial charge >= 0.3 is 6.03 Å². The third kappa shape index (κ3) is 5.37. The summed E-state index contributed by atoms with van der Waals surface area (Å²) >= 11 is 4.36. The van der Waals surface area contributed by atoms with Gasteiger partial charge in [-0.3, -0.25) is 10.1 Å². The van der Waals surface area contributed by atoms with Crippen LogP contribution < -0.4 is 11.1 Å². The summed E-state index contributed by atoms with van der Waals surface area (Å²) in [6.07, 6.45) is 0. The zero-order valence-corrected chi connectivity index (χ0v) is 13.3. The van der Waals surface area contributed by atoms with Gasteiger partial charge in [-0.2, -0.15) is 0 Å². The van der Waals surface area contributed by atoms with Crippen LogP contribution in [0.15, 0.2) is 8.68 Å². The molecule has 0 radical (unpaired) electrons. The van der Waals surface area contributed by atoms with Crippen molar-refractivity contribution >= 4 is 46.8 Å². The predicted octanol–water partition coefficient (Wildman–Crippen LogP) is 1.96. The van der Waals surface area contributed by atoms with Crippen molar-refractivity contribution in [3.63, 3.8) is 0 Å². The minimum Gasteiger partial charge on any atom is -0.351 e. The van der Waals surface area contributed by atoms with Gasteiger partial charge in [0.05, 0.1) is 5.25 Å². The lowest BCUT2D eigenvalue weighted by atomic mass is 10.1. The number of rotatable bonds is 6. The Morgan fingerprint density at radius 2 is 2.00 bits per heavy atom. The first-order chi connectivity index (χ1) is 8.93. The summed E-state index contributed by atoms with van der Waals surface area (Å²) in [7, 11) is 0. The summed E-state index contributed by atoms with van der Waals surface area (Å²) < 4.78 is 1.59. The molecule has 9 heteroatoms. The van der Waals surface area contributed by atoms with Crippen LogP contribution in [0.1, 0.15) is 20.8 Å². The Kier molecular flexibility index (Phi) is 6.59. The normalized spacial score (nSPS) is 12.4. The zero-order chi connectivity index (χ0) is 14.4. The largest absolute Gasteiger partial charge is 0.351 e. The van der Waals surface area contributed by atoms with E-state index in [1.165, 1.54) is 23.1 Å². The average molecular weight is 320 g/mol. The van der Waals surface area contributed by atoms with Crippen LogP contribution in [0.4, 0.5) is 4.79 Å². The molecule has 0 aliphatic carbocycles. The molecule has 6 nitrogen and oxygen atoms in total. The van der Waals surface area contributed by atoms with E-state index < -0.39 is 17.2 Å². The molecule has 3 amide bonds. The molecule has 1 aromatic rings. The lowest BCUT2D eigenvalue weighted by molar-refractivity contribution is -0.120. The molecule has 1 rings (SSSR count). The number of thioether (sulfide) groups is 2. The van der Waals surface area contributed by atoms with Gasteiger partial charge in [0.25, 0.3) is 0 Å². The molecule has 106 valence electrons. The second-order valence-corrected chi connectivity index (χ2v) is 7.78. The first-order valence-electron chi connectivity index (χ1n) is 5.67. The lowest BCUT2D eigenvalue weighted by Crippen LogP contribution is -2.42. The molecule has 0 unspecified atom stereocenters. The minimum absolute atomic E-state index is 0.0514. The highest BCUT2D eigenvalue weighted by Crippen LogP contribution is 2.33. The first-order valence-corrected chi connectivity index (χ1v) is 8.35. The number of imide groups is 1. The number of carbonyl (C=O) groups is 2. The van der Waals surface area contributed by atoms with E-state index in [0.29, 0.717) is 4.34 Å². The van der Waals surface area contributed by atoms with Gasteiger partial charge in [-0.05, 0) is 11.7 Å². The number of hydrogen-bond acceptors (Lipinski definition) is 7. The third-order valence-electron chi connectivity index (χ3n) is 1.99. The molecule has 0 aliphatic rings. The van der Waals surface area contributed by atoms with Crippen molar-refractivity contribution < 1.29 is 9.59 Å². The van der Waals surface area contributed by atoms with E-state index in [9.17, 15) is 9.59 Å². The number of urea groups is 1. The van der Waals surface area contributed by atoms with Gasteiger partial charge in [0.1, 0.15) is 0 Å². The Morgan fingerprint density at radius 1 is 1.37 bits per heavy atom. The molecule has 0 saturated heterocycles. The molecular weight excluding hydrogens is 304 g/mol. The summed E-state index contributed by atoms with van der Waals surface area (Å²) in [6.45, 7) is 5.85. The van der Waals surface area contributed by atoms with E-state index in [-0.39, 0.29) is 5.92 Å². The lowest BCUT2D eigenvalue weighted by Gasteiger charge is -2.16. The van der Waals surface area contributed by atoms with Gasteiger partial charge in [0.15, 0.2) is 8.68 Å². The van der Waals surface area contributed by atoms with Gasteiger partial charge < -0.3 is 5.73 Å². The number of carbonyl (C=O) groups excluding carboxylic acids is 2. The number of hydrogen-bond donors (Lipinski definition) is 2. The number of nitrogens with one attached hydrogen (secondary N) is 1. The summed E-state index contributed by atoms with van der Waals surface area (Å²) in [5.74, 6) is 0.581. The highest BCUT2D eigenvalue weighted by molar-refractivity contribution is 8.03. The van der Waals surface area contributed by atoms with Crippen LogP contribution in [0.3, 0.4) is 0 Å².